The van der Waals surface area contributed by atoms with E-state index in [0.717, 1.165) is 0 Å². The number of aryl methyl sites for hydroxylation is 1. The molecule has 2 saturated carbocycles. The molecule has 2 atom stereocenters. The minimum Gasteiger partial charge on any atom is -0.492 e. The maximum atomic E-state index is 17.7. The highest BCUT2D eigenvalue weighted by Gasteiger charge is 2.40. The average Bonchev–Trinajstić information content (AvgIpc) is 4.13. The molecule has 8 N–H and O–H groups in total. The molecule has 4 heterocycles. The van der Waals surface area contributed by atoms with Crippen LogP contribution in [-0.4, -0.2) is 98.4 Å². The van der Waals surface area contributed by atoms with Gasteiger partial charge in [0.25, 0.3) is 11.1 Å². The van der Waals surface area contributed by atoms with Gasteiger partial charge in [0, 0.05) is 55.2 Å². The van der Waals surface area contributed by atoms with E-state index in [2.05, 4.69) is 10.3 Å². The first-order chi connectivity index (χ1) is 26.8. The van der Waals surface area contributed by atoms with E-state index in [-0.39, 0.29) is 115 Å². The molecular formula is C37H46F2N8O9. The lowest BCUT2D eigenvalue weighted by atomic mass is 9.80. The number of anilines is 4. The summed E-state index contributed by atoms with van der Waals surface area (Å²) in [6.07, 6.45) is 2.11. The lowest BCUT2D eigenvalue weighted by Gasteiger charge is -2.41. The molecule has 0 spiro atoms. The van der Waals surface area contributed by atoms with E-state index in [4.69, 9.17) is 10.6 Å². The van der Waals surface area contributed by atoms with Crippen molar-refractivity contribution in [3.63, 3.8) is 0 Å². The zero-order chi connectivity index (χ0) is 40.0. The van der Waals surface area contributed by atoms with Crippen molar-refractivity contribution in [3.8, 4) is 5.75 Å². The zero-order valence-electron chi connectivity index (χ0n) is 31.1. The summed E-state index contributed by atoms with van der Waals surface area (Å²) in [7, 11) is 1.28. The van der Waals surface area contributed by atoms with Crippen molar-refractivity contribution < 1.29 is 33.9 Å². The molecule has 0 bridgehead atoms. The zero-order valence-corrected chi connectivity index (χ0v) is 31.1. The van der Waals surface area contributed by atoms with Gasteiger partial charge in [0.1, 0.15) is 11.2 Å². The Morgan fingerprint density at radius 3 is 2.05 bits per heavy atom. The third-order valence-electron chi connectivity index (χ3n) is 12.3. The van der Waals surface area contributed by atoms with Gasteiger partial charge in [0.15, 0.2) is 17.4 Å². The number of hydrogen-bond acceptors (Lipinski definition) is 13. The van der Waals surface area contributed by atoms with Crippen molar-refractivity contribution in [3.05, 3.63) is 58.9 Å². The summed E-state index contributed by atoms with van der Waals surface area (Å²) in [5.41, 5.74) is -5.67. The van der Waals surface area contributed by atoms with Crippen molar-refractivity contribution in [1.82, 2.24) is 18.8 Å². The molecule has 8 rings (SSSR count). The van der Waals surface area contributed by atoms with E-state index in [1.165, 1.54) is 16.2 Å². The van der Waals surface area contributed by atoms with Gasteiger partial charge in [-0.1, -0.05) is 0 Å². The maximum absolute atomic E-state index is 17.7. The van der Waals surface area contributed by atoms with Crippen LogP contribution in [0.2, 0.25) is 0 Å². The first-order valence-corrected chi connectivity index (χ1v) is 18.9. The van der Waals surface area contributed by atoms with Crippen LogP contribution in [-0.2, 0) is 0 Å². The number of halogens is 2. The van der Waals surface area contributed by atoms with E-state index in [1.54, 1.807) is 16.7 Å². The molecule has 2 saturated heterocycles. The number of aromatic amines is 1. The van der Waals surface area contributed by atoms with E-state index in [1.807, 2.05) is 0 Å². The number of fused-ring (bicyclic) bond motifs is 2. The monoisotopic (exact) mass is 784 g/mol. The smallest absolute Gasteiger partial charge is 0.350 e. The third-order valence-corrected chi connectivity index (χ3v) is 12.3. The lowest BCUT2D eigenvalue weighted by molar-refractivity contribution is 0.0339. The number of hydrogen-bond donors (Lipinski definition) is 7. The molecule has 0 radical (unpaired) electrons. The maximum Gasteiger partial charge on any atom is 0.350 e. The molecule has 4 aromatic rings. The number of ether oxygens (including phenoxy) is 1. The number of H-pyrrole nitrogens is 1. The number of methoxy groups -OCH3 is 1. The molecule has 2 aliphatic heterocycles. The number of nitrogens with two attached hydrogens (primary N) is 1. The number of benzene rings is 2. The number of nitrogens with one attached hydrogen (secondary N) is 2. The van der Waals surface area contributed by atoms with Gasteiger partial charge in [-0.15, -0.1) is 0 Å². The molecule has 0 amide bonds. The number of nitrogen functional groups attached to an aromatic ring is 1. The fourth-order valence-corrected chi connectivity index (χ4v) is 8.72. The Balaban J connectivity index is 1.45. The van der Waals surface area contributed by atoms with Crippen LogP contribution in [0.15, 0.2) is 19.2 Å². The number of nitrogens with zero attached hydrogens (tertiary/aromatic N) is 5. The highest BCUT2D eigenvalue weighted by atomic mass is 19.1. The average molecular weight is 785 g/mol. The van der Waals surface area contributed by atoms with Crippen molar-refractivity contribution in [2.45, 2.75) is 70.1 Å². The minimum absolute atomic E-state index is 0.0113. The van der Waals surface area contributed by atoms with Crippen LogP contribution in [0.3, 0.4) is 0 Å². The predicted octanol–water partition coefficient (Wildman–Crippen LogP) is 0.640. The summed E-state index contributed by atoms with van der Waals surface area (Å²) < 4.78 is 44.2. The number of rotatable bonds is 10. The van der Waals surface area contributed by atoms with Crippen molar-refractivity contribution in [2.75, 3.05) is 74.1 Å². The predicted molar refractivity (Wildman–Crippen MR) is 204 cm³/mol. The summed E-state index contributed by atoms with van der Waals surface area (Å²) >= 11 is 0. The first kappa shape index (κ1) is 37.9. The van der Waals surface area contributed by atoms with Crippen LogP contribution < -0.4 is 48.2 Å². The summed E-state index contributed by atoms with van der Waals surface area (Å²) in [6.45, 7) is 0.945. The Morgan fingerprint density at radius 1 is 0.857 bits per heavy atom. The second-order valence-electron chi connectivity index (χ2n) is 15.8. The van der Waals surface area contributed by atoms with Crippen molar-refractivity contribution in [2.24, 2.45) is 11.3 Å². The molecule has 2 aromatic carbocycles. The van der Waals surface area contributed by atoms with Gasteiger partial charge in [-0.3, -0.25) is 23.7 Å². The molecule has 302 valence electrons. The van der Waals surface area contributed by atoms with E-state index in [9.17, 15) is 39.6 Å². The molecule has 2 aliphatic carbocycles. The molecule has 56 heavy (non-hydrogen) atoms. The standard InChI is InChI=1S/C37H46F2N8O9/c1-17-28-23(34(53)47(40)36(55)46(28)20-5-6-20)27(24(38)29(17)44-10-7-21(51)18(13-44)14-48)41-26-22-30(45(19-3-4-19)35(54)42-33(22)52)32(56-2)31(25(26)39)43-11-8-37(15-49,16-50)9-12-43/h18-21,41,48-51H,3-16,40H2,1-2H3,(H,42,52,54). The van der Waals surface area contributed by atoms with Gasteiger partial charge in [-0.2, -0.15) is 4.68 Å². The normalized spacial score (nSPS) is 21.3. The Kier molecular flexibility index (Phi) is 9.41. The Morgan fingerprint density at radius 2 is 1.46 bits per heavy atom. The number of piperidine rings is 2. The Hall–Kier alpha value is -4.98. The van der Waals surface area contributed by atoms with Crippen LogP contribution in [0.5, 0.6) is 5.75 Å². The summed E-state index contributed by atoms with van der Waals surface area (Å²) in [5, 5.41) is 42.8. The van der Waals surface area contributed by atoms with Gasteiger partial charge in [0.2, 0.25) is 0 Å². The van der Waals surface area contributed by atoms with Gasteiger partial charge >= 0.3 is 11.4 Å². The molecule has 4 aliphatic rings. The molecule has 2 unspecified atom stereocenters. The number of aromatic nitrogens is 4. The molecular weight excluding hydrogens is 738 g/mol. The van der Waals surface area contributed by atoms with Crippen LogP contribution in [0.4, 0.5) is 31.5 Å². The summed E-state index contributed by atoms with van der Waals surface area (Å²) in [5.74, 6) is 3.18. The number of aliphatic hydroxyl groups is 4. The SMILES string of the molecule is COc1c(N2CCC(CO)(CO)CC2)c(F)c(Nc2c(F)c(N3CCC(O)C(CO)C3)c(C)c3c2c(=O)n(N)c(=O)n3C2CC2)c2c(=O)[nH]c(=O)n(C3CC3)c12. The van der Waals surface area contributed by atoms with Crippen molar-refractivity contribution in [1.29, 1.82) is 0 Å². The van der Waals surface area contributed by atoms with E-state index < -0.39 is 69.6 Å². The van der Waals surface area contributed by atoms with Gasteiger partial charge in [0.05, 0.1) is 66.4 Å². The fraction of sp³-hybridized carbons (Fsp3) is 0.568. The lowest BCUT2D eigenvalue weighted by Crippen LogP contribution is -2.46. The van der Waals surface area contributed by atoms with Gasteiger partial charge in [-0.25, -0.2) is 18.4 Å². The van der Waals surface area contributed by atoms with Gasteiger partial charge in [-0.05, 0) is 51.9 Å². The summed E-state index contributed by atoms with van der Waals surface area (Å²) in [4.78, 5) is 60.6. The summed E-state index contributed by atoms with van der Waals surface area (Å²) in [6, 6.07) is -0.738. The quantitative estimate of drug-likeness (QED) is 0.110. The third kappa shape index (κ3) is 5.77. The highest BCUT2D eigenvalue weighted by Crippen LogP contribution is 2.49. The topological polar surface area (TPSA) is 234 Å². The molecule has 17 nitrogen and oxygen atoms in total. The second-order valence-corrected chi connectivity index (χ2v) is 15.8. The Labute approximate surface area is 317 Å². The largest absolute Gasteiger partial charge is 0.492 e. The van der Waals surface area contributed by atoms with E-state index in [0.29, 0.717) is 30.4 Å². The molecule has 19 heteroatoms. The molecule has 2 aromatic heterocycles. The highest BCUT2D eigenvalue weighted by molar-refractivity contribution is 6.06. The second kappa shape index (κ2) is 13.9. The number of aliphatic hydroxyl groups excluding tert-OH is 4. The van der Waals surface area contributed by atoms with Crippen molar-refractivity contribution >= 4 is 44.6 Å². The van der Waals surface area contributed by atoms with Crippen LogP contribution >= 0.6 is 0 Å². The fourth-order valence-electron chi connectivity index (χ4n) is 8.72. The Bertz CT molecular complexity index is 2490. The molecule has 4 fully saturated rings. The van der Waals surface area contributed by atoms with Crippen LogP contribution in [0.25, 0.3) is 21.8 Å². The van der Waals surface area contributed by atoms with Crippen LogP contribution in [0.1, 0.15) is 62.6 Å². The van der Waals surface area contributed by atoms with Gasteiger partial charge < -0.3 is 46.1 Å². The first-order valence-electron chi connectivity index (χ1n) is 18.9. The minimum atomic E-state index is -1.08. The van der Waals surface area contributed by atoms with E-state index >= 15 is 8.78 Å². The van der Waals surface area contributed by atoms with Crippen LogP contribution in [0, 0.1) is 29.9 Å².